The van der Waals surface area contributed by atoms with Crippen LogP contribution < -0.4 is 0 Å². The Morgan fingerprint density at radius 2 is 2.17 bits per heavy atom. The predicted octanol–water partition coefficient (Wildman–Crippen LogP) is 3.42. The van der Waals surface area contributed by atoms with E-state index in [9.17, 15) is 9.59 Å². The summed E-state index contributed by atoms with van der Waals surface area (Å²) in [6.45, 7) is 11.9. The van der Waals surface area contributed by atoms with E-state index in [1.807, 2.05) is 13.8 Å². The molecule has 1 aliphatic heterocycles. The van der Waals surface area contributed by atoms with Crippen molar-refractivity contribution in [1.82, 2.24) is 0 Å². The lowest BCUT2D eigenvalue weighted by atomic mass is 9.55. The molecule has 1 heterocycles. The first-order valence-electron chi connectivity index (χ1n) is 8.51. The lowest BCUT2D eigenvalue weighted by Crippen LogP contribution is -2.51. The lowest BCUT2D eigenvalue weighted by Gasteiger charge is -2.51. The third-order valence-corrected chi connectivity index (χ3v) is 6.01. The van der Waals surface area contributed by atoms with Crippen molar-refractivity contribution in [3.8, 4) is 0 Å². The van der Waals surface area contributed by atoms with E-state index in [0.717, 1.165) is 19.3 Å². The maximum absolute atomic E-state index is 12.1. The molecule has 1 saturated carbocycles. The van der Waals surface area contributed by atoms with Crippen LogP contribution in [0.2, 0.25) is 0 Å². The number of hydrogen-bond acceptors (Lipinski definition) is 4. The predicted molar refractivity (Wildman–Crippen MR) is 86.4 cm³/mol. The molecule has 5 unspecified atom stereocenters. The van der Waals surface area contributed by atoms with Gasteiger partial charge in [0.15, 0.2) is 0 Å². The van der Waals surface area contributed by atoms with E-state index < -0.39 is 0 Å². The van der Waals surface area contributed by atoms with E-state index in [2.05, 4.69) is 26.5 Å². The van der Waals surface area contributed by atoms with Gasteiger partial charge < -0.3 is 9.47 Å². The molecule has 4 heteroatoms. The van der Waals surface area contributed by atoms with Crippen LogP contribution in [0.25, 0.3) is 0 Å². The van der Waals surface area contributed by atoms with E-state index in [-0.39, 0.29) is 41.4 Å². The van der Waals surface area contributed by atoms with Crippen LogP contribution in [0.5, 0.6) is 0 Å². The maximum Gasteiger partial charge on any atom is 0.334 e. The summed E-state index contributed by atoms with van der Waals surface area (Å²) in [6, 6.07) is 0. The molecule has 0 aromatic heterocycles. The van der Waals surface area contributed by atoms with Crippen LogP contribution in [0.4, 0.5) is 0 Å². The van der Waals surface area contributed by atoms with Crippen molar-refractivity contribution in [3.63, 3.8) is 0 Å². The Hall–Kier alpha value is -1.58. The van der Waals surface area contributed by atoms with Gasteiger partial charge in [-0.2, -0.15) is 0 Å². The summed E-state index contributed by atoms with van der Waals surface area (Å²) in [4.78, 5) is 24.0. The average molecular weight is 318 g/mol. The van der Waals surface area contributed by atoms with Gasteiger partial charge in [0.2, 0.25) is 0 Å². The van der Waals surface area contributed by atoms with Gasteiger partial charge >= 0.3 is 11.9 Å². The number of ether oxygens (including phenoxy) is 2. The molecular formula is C19H26O4. The van der Waals surface area contributed by atoms with Gasteiger partial charge in [-0.15, -0.1) is 0 Å². The zero-order valence-corrected chi connectivity index (χ0v) is 14.4. The zero-order chi connectivity index (χ0) is 16.9. The number of esters is 2. The van der Waals surface area contributed by atoms with Crippen molar-refractivity contribution in [2.75, 3.05) is 0 Å². The molecule has 0 amide bonds. The van der Waals surface area contributed by atoms with E-state index in [0.29, 0.717) is 11.5 Å². The molecule has 0 N–H and O–H groups in total. The first-order chi connectivity index (χ1) is 10.7. The van der Waals surface area contributed by atoms with Gasteiger partial charge in [0.1, 0.15) is 12.2 Å². The summed E-state index contributed by atoms with van der Waals surface area (Å²) in [7, 11) is 0. The summed E-state index contributed by atoms with van der Waals surface area (Å²) in [5.74, 6) is -0.154. The molecule has 4 nitrogen and oxygen atoms in total. The van der Waals surface area contributed by atoms with E-state index in [4.69, 9.17) is 9.47 Å². The molecule has 0 aromatic carbocycles. The molecule has 2 aliphatic carbocycles. The van der Waals surface area contributed by atoms with Crippen LogP contribution in [0.15, 0.2) is 23.8 Å². The molecule has 0 aromatic rings. The van der Waals surface area contributed by atoms with Crippen molar-refractivity contribution in [3.05, 3.63) is 23.8 Å². The van der Waals surface area contributed by atoms with Crippen LogP contribution in [-0.2, 0) is 19.1 Å². The summed E-state index contributed by atoms with van der Waals surface area (Å²) in [6.07, 6.45) is 4.23. The van der Waals surface area contributed by atoms with Crippen molar-refractivity contribution < 1.29 is 19.1 Å². The van der Waals surface area contributed by atoms with Crippen LogP contribution in [0.1, 0.15) is 47.0 Å². The number of hydrogen-bond donors (Lipinski definition) is 0. The summed E-state index contributed by atoms with van der Waals surface area (Å²) in [5.41, 5.74) is 1.75. The van der Waals surface area contributed by atoms with E-state index in [1.54, 1.807) is 0 Å². The highest BCUT2D eigenvalue weighted by Crippen LogP contribution is 2.56. The second kappa shape index (κ2) is 5.50. The van der Waals surface area contributed by atoms with Gasteiger partial charge in [-0.25, -0.2) is 4.79 Å². The first kappa shape index (κ1) is 16.3. The Labute approximate surface area is 137 Å². The minimum Gasteiger partial charge on any atom is -0.461 e. The van der Waals surface area contributed by atoms with Crippen molar-refractivity contribution >= 4 is 11.9 Å². The molecule has 0 spiro atoms. The Morgan fingerprint density at radius 3 is 2.83 bits per heavy atom. The second-order valence-corrected chi connectivity index (χ2v) is 7.84. The molecule has 0 radical (unpaired) electrons. The maximum atomic E-state index is 12.1. The third kappa shape index (κ3) is 2.52. The molecule has 3 rings (SSSR count). The zero-order valence-electron chi connectivity index (χ0n) is 14.4. The molecule has 2 fully saturated rings. The van der Waals surface area contributed by atoms with Crippen LogP contribution in [-0.4, -0.2) is 24.1 Å². The molecule has 3 aliphatic rings. The number of allylic oxidation sites excluding steroid dienone is 1. The standard InChI is InChI=1S/C19H26O4/c1-10(2)17(20)23-16-7-6-11(3)14-8-13-12(4)18(21)22-15(13)9-19(14,16)5/h6,10,13-16H,4,7-9H2,1-3,5H3. The number of carbonyl (C=O) groups excluding carboxylic acids is 2. The van der Waals surface area contributed by atoms with Gasteiger partial charge in [-0.05, 0) is 25.7 Å². The summed E-state index contributed by atoms with van der Waals surface area (Å²) in [5, 5.41) is 0. The lowest BCUT2D eigenvalue weighted by molar-refractivity contribution is -0.170. The van der Waals surface area contributed by atoms with E-state index in [1.165, 1.54) is 5.57 Å². The fourth-order valence-corrected chi connectivity index (χ4v) is 4.47. The van der Waals surface area contributed by atoms with Crippen LogP contribution >= 0.6 is 0 Å². The Kier molecular flexibility index (Phi) is 3.89. The Morgan fingerprint density at radius 1 is 1.48 bits per heavy atom. The molecule has 23 heavy (non-hydrogen) atoms. The second-order valence-electron chi connectivity index (χ2n) is 7.84. The van der Waals surface area contributed by atoms with Gasteiger partial charge in [0.25, 0.3) is 0 Å². The summed E-state index contributed by atoms with van der Waals surface area (Å²) < 4.78 is 11.4. The van der Waals surface area contributed by atoms with E-state index >= 15 is 0 Å². The van der Waals surface area contributed by atoms with Gasteiger partial charge in [0, 0.05) is 23.3 Å². The number of carbonyl (C=O) groups is 2. The SMILES string of the molecule is C=C1C(=O)OC2CC3(C)C(OC(=O)C(C)C)CC=C(C)C3CC12. The van der Waals surface area contributed by atoms with Crippen molar-refractivity contribution in [2.24, 2.45) is 23.2 Å². The van der Waals surface area contributed by atoms with Crippen LogP contribution in [0.3, 0.4) is 0 Å². The van der Waals surface area contributed by atoms with Crippen LogP contribution in [0, 0.1) is 23.2 Å². The normalized spacial score (nSPS) is 39.4. The third-order valence-electron chi connectivity index (χ3n) is 6.01. The minimum absolute atomic E-state index is 0.100. The van der Waals surface area contributed by atoms with Crippen molar-refractivity contribution in [2.45, 2.75) is 59.2 Å². The van der Waals surface area contributed by atoms with Gasteiger partial charge in [-0.1, -0.05) is 39.0 Å². The van der Waals surface area contributed by atoms with Crippen molar-refractivity contribution in [1.29, 1.82) is 0 Å². The van der Waals surface area contributed by atoms with Gasteiger partial charge in [-0.3, -0.25) is 4.79 Å². The Bertz CT molecular complexity index is 588. The Balaban J connectivity index is 1.89. The minimum atomic E-state index is -0.264. The smallest absolute Gasteiger partial charge is 0.334 e. The highest BCUT2D eigenvalue weighted by Gasteiger charge is 2.56. The average Bonchev–Trinajstić information content (AvgIpc) is 2.74. The monoisotopic (exact) mass is 318 g/mol. The molecule has 1 saturated heterocycles. The number of fused-ring (bicyclic) bond motifs is 2. The fraction of sp³-hybridized carbons (Fsp3) is 0.684. The molecule has 126 valence electrons. The molecule has 0 bridgehead atoms. The molecule has 5 atom stereocenters. The quantitative estimate of drug-likeness (QED) is 0.445. The summed E-state index contributed by atoms with van der Waals surface area (Å²) >= 11 is 0. The van der Waals surface area contributed by atoms with Gasteiger partial charge in [0.05, 0.1) is 5.92 Å². The first-order valence-corrected chi connectivity index (χ1v) is 8.51. The topological polar surface area (TPSA) is 52.6 Å². The highest BCUT2D eigenvalue weighted by atomic mass is 16.6. The largest absolute Gasteiger partial charge is 0.461 e. The number of rotatable bonds is 2. The highest BCUT2D eigenvalue weighted by molar-refractivity contribution is 5.90. The molecular weight excluding hydrogens is 292 g/mol. The fourth-order valence-electron chi connectivity index (χ4n) is 4.47.